The number of nitrogens with zero attached hydrogens (tertiary/aromatic N) is 4. The van der Waals surface area contributed by atoms with Gasteiger partial charge in [0.05, 0.1) is 38.5 Å². The third kappa shape index (κ3) is 5.28. The molecular formula is C23H14N4O9S2. The topological polar surface area (TPSA) is 168 Å². The molecule has 1 aliphatic heterocycles. The Morgan fingerprint density at radius 2 is 1.47 bits per heavy atom. The quantitative estimate of drug-likeness (QED) is 0.147. The molecule has 1 aliphatic rings. The van der Waals surface area contributed by atoms with Crippen LogP contribution in [0.15, 0.2) is 65.6 Å². The molecule has 4 rings (SSSR count). The van der Waals surface area contributed by atoms with E-state index < -0.39 is 32.1 Å². The van der Waals surface area contributed by atoms with Crippen molar-refractivity contribution >= 4 is 63.0 Å². The zero-order valence-electron chi connectivity index (χ0n) is 19.1. The van der Waals surface area contributed by atoms with Gasteiger partial charge in [0.1, 0.15) is 0 Å². The lowest BCUT2D eigenvalue weighted by Gasteiger charge is -2.14. The second-order valence-corrected chi connectivity index (χ2v) is 9.14. The first-order valence-electron chi connectivity index (χ1n) is 10.4. The van der Waals surface area contributed by atoms with Gasteiger partial charge in [-0.1, -0.05) is 30.0 Å². The molecule has 3 aromatic rings. The fourth-order valence-corrected chi connectivity index (χ4v) is 4.69. The summed E-state index contributed by atoms with van der Waals surface area (Å²) in [4.78, 5) is 45.9. The summed E-state index contributed by atoms with van der Waals surface area (Å²) in [7, 11) is 1.36. The zero-order valence-corrected chi connectivity index (χ0v) is 20.8. The number of amides is 1. The van der Waals surface area contributed by atoms with Crippen LogP contribution in [0.3, 0.4) is 0 Å². The molecule has 15 heteroatoms. The summed E-state index contributed by atoms with van der Waals surface area (Å²) in [5, 5.41) is 33.4. The van der Waals surface area contributed by atoms with Gasteiger partial charge in [0.25, 0.3) is 17.3 Å². The molecule has 0 radical (unpaired) electrons. The van der Waals surface area contributed by atoms with Crippen LogP contribution < -0.4 is 14.4 Å². The second kappa shape index (κ2) is 10.6. The van der Waals surface area contributed by atoms with E-state index in [0.717, 1.165) is 30.0 Å². The largest absolute Gasteiger partial charge is 0.493 e. The highest BCUT2D eigenvalue weighted by Gasteiger charge is 2.33. The van der Waals surface area contributed by atoms with Crippen LogP contribution in [-0.4, -0.2) is 32.1 Å². The number of carbonyl (C=O) groups is 1. The molecule has 0 bridgehead atoms. The molecule has 0 unspecified atom stereocenters. The van der Waals surface area contributed by atoms with Crippen molar-refractivity contribution < 1.29 is 29.0 Å². The highest BCUT2D eigenvalue weighted by atomic mass is 32.2. The van der Waals surface area contributed by atoms with Gasteiger partial charge in [-0.15, -0.1) is 0 Å². The Kier molecular flexibility index (Phi) is 7.31. The van der Waals surface area contributed by atoms with Crippen LogP contribution in [-0.2, 0) is 4.79 Å². The van der Waals surface area contributed by atoms with Crippen LogP contribution in [0.1, 0.15) is 5.56 Å². The van der Waals surface area contributed by atoms with E-state index in [2.05, 4.69) is 0 Å². The lowest BCUT2D eigenvalue weighted by Crippen LogP contribution is -2.27. The number of ether oxygens (including phenoxy) is 2. The van der Waals surface area contributed by atoms with Crippen molar-refractivity contribution in [3.8, 4) is 17.2 Å². The van der Waals surface area contributed by atoms with Gasteiger partial charge < -0.3 is 9.47 Å². The van der Waals surface area contributed by atoms with E-state index in [1.165, 1.54) is 54.5 Å². The van der Waals surface area contributed by atoms with Crippen LogP contribution in [0.5, 0.6) is 17.2 Å². The Morgan fingerprint density at radius 1 is 0.842 bits per heavy atom. The van der Waals surface area contributed by atoms with Crippen LogP contribution in [0.4, 0.5) is 22.7 Å². The van der Waals surface area contributed by atoms with Crippen LogP contribution in [0, 0.1) is 30.3 Å². The van der Waals surface area contributed by atoms with Gasteiger partial charge >= 0.3 is 5.69 Å². The first-order chi connectivity index (χ1) is 18.1. The number of rotatable bonds is 8. The summed E-state index contributed by atoms with van der Waals surface area (Å²) in [6.07, 6.45) is 1.53. The maximum Gasteiger partial charge on any atom is 0.318 e. The number of thioether (sulfide) groups is 1. The van der Waals surface area contributed by atoms with Gasteiger partial charge in [0, 0.05) is 18.2 Å². The molecule has 3 aromatic carbocycles. The first-order valence-corrected chi connectivity index (χ1v) is 11.6. The maximum atomic E-state index is 13.1. The predicted octanol–water partition coefficient (Wildman–Crippen LogP) is 5.62. The molecule has 0 spiro atoms. The second-order valence-electron chi connectivity index (χ2n) is 7.47. The summed E-state index contributed by atoms with van der Waals surface area (Å²) < 4.78 is 11.2. The number of hydrogen-bond acceptors (Lipinski definition) is 11. The van der Waals surface area contributed by atoms with Crippen molar-refractivity contribution in [2.45, 2.75) is 0 Å². The summed E-state index contributed by atoms with van der Waals surface area (Å²) >= 11 is 6.36. The normalized spacial score (nSPS) is 14.0. The minimum absolute atomic E-state index is 0.0593. The average molecular weight is 555 g/mol. The Morgan fingerprint density at radius 3 is 2.08 bits per heavy atom. The van der Waals surface area contributed by atoms with Gasteiger partial charge in [0.15, 0.2) is 15.8 Å². The zero-order chi connectivity index (χ0) is 27.6. The molecule has 0 saturated carbocycles. The fraction of sp³-hybridized carbons (Fsp3) is 0.0435. The van der Waals surface area contributed by atoms with Crippen molar-refractivity contribution in [1.82, 2.24) is 0 Å². The van der Waals surface area contributed by atoms with Gasteiger partial charge in [-0.05, 0) is 42.0 Å². The Balaban J connectivity index is 1.65. The van der Waals surface area contributed by atoms with Crippen molar-refractivity contribution in [3.63, 3.8) is 0 Å². The Labute approximate surface area is 222 Å². The molecule has 1 fully saturated rings. The van der Waals surface area contributed by atoms with Crippen molar-refractivity contribution in [1.29, 1.82) is 0 Å². The van der Waals surface area contributed by atoms with Gasteiger partial charge in [0.2, 0.25) is 5.75 Å². The van der Waals surface area contributed by atoms with Gasteiger partial charge in [-0.3, -0.25) is 40.0 Å². The molecule has 0 atom stereocenters. The van der Waals surface area contributed by atoms with E-state index in [4.69, 9.17) is 21.7 Å². The number of non-ortho nitro benzene ring substituents is 2. The van der Waals surface area contributed by atoms with Crippen LogP contribution in [0.2, 0.25) is 0 Å². The molecule has 0 N–H and O–H groups in total. The molecule has 1 saturated heterocycles. The third-order valence-electron chi connectivity index (χ3n) is 5.17. The predicted molar refractivity (Wildman–Crippen MR) is 142 cm³/mol. The number of carbonyl (C=O) groups excluding carboxylic acids is 1. The monoisotopic (exact) mass is 554 g/mol. The summed E-state index contributed by atoms with van der Waals surface area (Å²) in [6, 6.07) is 13.0. The molecule has 0 aromatic heterocycles. The first kappa shape index (κ1) is 26.2. The van der Waals surface area contributed by atoms with Crippen molar-refractivity contribution in [2.24, 2.45) is 0 Å². The summed E-state index contributed by atoms with van der Waals surface area (Å²) in [5.74, 6) is -0.420. The molecule has 1 amide bonds. The van der Waals surface area contributed by atoms with Gasteiger partial charge in [-0.25, -0.2) is 0 Å². The molecular weight excluding hydrogens is 540 g/mol. The van der Waals surface area contributed by atoms with Crippen molar-refractivity contribution in [2.75, 3.05) is 12.0 Å². The smallest absolute Gasteiger partial charge is 0.318 e. The SMILES string of the molecule is COc1ccc(/C=C2\SC(=S)N(c3ccc([N+](=O)[O-])cc3)C2=O)cc1Oc1ccc([N+](=O)[O-])cc1[N+](=O)[O-]. The lowest BCUT2D eigenvalue weighted by atomic mass is 10.1. The fourth-order valence-electron chi connectivity index (χ4n) is 3.39. The Hall–Kier alpha value is -4.89. The highest BCUT2D eigenvalue weighted by molar-refractivity contribution is 8.27. The van der Waals surface area contributed by atoms with E-state index in [1.807, 2.05) is 0 Å². The molecule has 0 aliphatic carbocycles. The van der Waals surface area contributed by atoms with Crippen LogP contribution >= 0.6 is 24.0 Å². The average Bonchev–Trinajstić information content (AvgIpc) is 3.16. The Bertz CT molecular complexity index is 1540. The van der Waals surface area contributed by atoms with E-state index >= 15 is 0 Å². The summed E-state index contributed by atoms with van der Waals surface area (Å²) in [5.41, 5.74) is -0.385. The van der Waals surface area contributed by atoms with Crippen LogP contribution in [0.25, 0.3) is 6.08 Å². The van der Waals surface area contributed by atoms with E-state index in [1.54, 1.807) is 6.07 Å². The van der Waals surface area contributed by atoms with Crippen molar-refractivity contribution in [3.05, 3.63) is 101 Å². The number of anilines is 1. The number of thiocarbonyl (C=S) groups is 1. The van der Waals surface area contributed by atoms with E-state index in [9.17, 15) is 35.1 Å². The summed E-state index contributed by atoms with van der Waals surface area (Å²) in [6.45, 7) is 0. The number of nitro benzene ring substituents is 3. The van der Waals surface area contributed by atoms with E-state index in [-0.39, 0.29) is 32.2 Å². The minimum atomic E-state index is -0.803. The number of nitro groups is 3. The number of hydrogen-bond donors (Lipinski definition) is 0. The standard InChI is InChI=1S/C23H14N4O9S2/c1-35-19-8-2-13(10-20(19)36-18-9-7-16(26(31)32)12-17(18)27(33)34)11-21-22(28)24(23(37)38-21)14-3-5-15(6-4-14)25(29)30/h2-12H,1H3/b21-11-. The molecule has 38 heavy (non-hydrogen) atoms. The molecule has 1 heterocycles. The molecule has 13 nitrogen and oxygen atoms in total. The molecule has 192 valence electrons. The van der Waals surface area contributed by atoms with Gasteiger partial charge in [-0.2, -0.15) is 0 Å². The third-order valence-corrected chi connectivity index (χ3v) is 6.47. The lowest BCUT2D eigenvalue weighted by molar-refractivity contribution is -0.394. The number of methoxy groups -OCH3 is 1. The number of benzene rings is 3. The maximum absolute atomic E-state index is 13.1. The highest BCUT2D eigenvalue weighted by Crippen LogP contribution is 2.40. The minimum Gasteiger partial charge on any atom is -0.493 e. The van der Waals surface area contributed by atoms with E-state index in [0.29, 0.717) is 11.3 Å².